The maximum absolute atomic E-state index is 5.95. The molecule has 18 heavy (non-hydrogen) atoms. The summed E-state index contributed by atoms with van der Waals surface area (Å²) in [6.07, 6.45) is 4.90. The Morgan fingerprint density at radius 3 is 3.00 bits per heavy atom. The van der Waals surface area contributed by atoms with E-state index in [4.69, 9.17) is 9.47 Å². The van der Waals surface area contributed by atoms with Gasteiger partial charge in [0.05, 0.1) is 13.0 Å². The zero-order chi connectivity index (χ0) is 12.4. The fourth-order valence-electron chi connectivity index (χ4n) is 2.25. The largest absolute Gasteiger partial charge is 0.486 e. The number of rotatable bonds is 3. The van der Waals surface area contributed by atoms with E-state index in [2.05, 4.69) is 16.5 Å². The third kappa shape index (κ3) is 2.06. The second-order valence-corrected chi connectivity index (χ2v) is 4.39. The first-order chi connectivity index (χ1) is 8.86. The van der Waals surface area contributed by atoms with E-state index in [1.165, 1.54) is 5.82 Å². The molecule has 4 heteroatoms. The lowest BCUT2D eigenvalue weighted by Gasteiger charge is -2.25. The molecule has 3 rings (SSSR count). The van der Waals surface area contributed by atoms with Crippen molar-refractivity contribution >= 4 is 0 Å². The first kappa shape index (κ1) is 11.1. The predicted octanol–water partition coefficient (Wildman–Crippen LogP) is 1.70. The van der Waals surface area contributed by atoms with Gasteiger partial charge >= 0.3 is 0 Å². The van der Waals surface area contributed by atoms with E-state index >= 15 is 0 Å². The van der Waals surface area contributed by atoms with Gasteiger partial charge in [-0.05, 0) is 19.1 Å². The summed E-state index contributed by atoms with van der Waals surface area (Å²) in [6.45, 7) is 3.69. The van der Waals surface area contributed by atoms with Crippen molar-refractivity contribution in [1.82, 2.24) is 4.98 Å². The quantitative estimate of drug-likeness (QED) is 0.836. The Morgan fingerprint density at radius 1 is 1.33 bits per heavy atom. The van der Waals surface area contributed by atoms with Crippen LogP contribution in [0.2, 0.25) is 0 Å². The van der Waals surface area contributed by atoms with E-state index in [9.17, 15) is 0 Å². The number of nitrogens with zero attached hydrogens (tertiary/aromatic N) is 1. The van der Waals surface area contributed by atoms with E-state index in [-0.39, 0.29) is 6.10 Å². The van der Waals surface area contributed by atoms with Crippen LogP contribution in [0.25, 0.3) is 0 Å². The second-order valence-electron chi connectivity index (χ2n) is 4.39. The molecule has 1 aromatic heterocycles. The van der Waals surface area contributed by atoms with E-state index in [1.807, 2.05) is 36.7 Å². The molecule has 94 valence electrons. The molecule has 0 saturated heterocycles. The Bertz CT molecular complexity index is 536. The highest BCUT2D eigenvalue weighted by Crippen LogP contribution is 2.31. The van der Waals surface area contributed by atoms with E-state index in [1.54, 1.807) is 0 Å². The molecule has 0 bridgehead atoms. The molecule has 0 radical (unpaired) electrons. The van der Waals surface area contributed by atoms with Crippen molar-refractivity contribution in [3.05, 3.63) is 42.5 Å². The zero-order valence-electron chi connectivity index (χ0n) is 10.4. The van der Waals surface area contributed by atoms with Crippen molar-refractivity contribution in [3.8, 4) is 11.5 Å². The van der Waals surface area contributed by atoms with Crippen LogP contribution in [-0.2, 0) is 13.0 Å². The van der Waals surface area contributed by atoms with Gasteiger partial charge in [0.2, 0.25) is 0 Å². The van der Waals surface area contributed by atoms with Crippen LogP contribution < -0.4 is 14.0 Å². The minimum atomic E-state index is 0.0661. The average molecular weight is 245 g/mol. The van der Waals surface area contributed by atoms with Crippen molar-refractivity contribution < 1.29 is 14.0 Å². The number of hydrogen-bond donors (Lipinski definition) is 1. The molecule has 2 aromatic rings. The normalized spacial score (nSPS) is 17.7. The van der Waals surface area contributed by atoms with Crippen LogP contribution in [0, 0.1) is 0 Å². The van der Waals surface area contributed by atoms with Gasteiger partial charge in [0.1, 0.15) is 25.1 Å². The molecule has 1 atom stereocenters. The van der Waals surface area contributed by atoms with E-state index < -0.39 is 0 Å². The number of H-pyrrole nitrogens is 1. The summed E-state index contributed by atoms with van der Waals surface area (Å²) in [5.41, 5.74) is 0. The third-order valence-electron chi connectivity index (χ3n) is 3.18. The molecule has 1 aromatic carbocycles. The number of imidazole rings is 1. The zero-order valence-corrected chi connectivity index (χ0v) is 10.4. The highest BCUT2D eigenvalue weighted by atomic mass is 16.6. The molecular formula is C14H17N2O2+. The van der Waals surface area contributed by atoms with Gasteiger partial charge in [-0.3, -0.25) is 0 Å². The number of fused-ring (bicyclic) bond motifs is 1. The maximum Gasteiger partial charge on any atom is 0.258 e. The lowest BCUT2D eigenvalue weighted by molar-refractivity contribution is -0.699. The van der Waals surface area contributed by atoms with Crippen molar-refractivity contribution in [1.29, 1.82) is 0 Å². The number of aromatic amines is 1. The SMILES string of the molecule is CC[n+]1cc[nH]c1C[C@H]1COc2ccccc2O1. The monoisotopic (exact) mass is 245 g/mol. The lowest BCUT2D eigenvalue weighted by Crippen LogP contribution is -2.40. The summed E-state index contributed by atoms with van der Waals surface area (Å²) < 4.78 is 13.8. The number of para-hydroxylation sites is 2. The van der Waals surface area contributed by atoms with Gasteiger partial charge in [0.25, 0.3) is 5.82 Å². The van der Waals surface area contributed by atoms with Crippen LogP contribution in [0.1, 0.15) is 12.7 Å². The maximum atomic E-state index is 5.95. The minimum absolute atomic E-state index is 0.0661. The van der Waals surface area contributed by atoms with Gasteiger partial charge in [0.15, 0.2) is 11.5 Å². The molecule has 0 spiro atoms. The van der Waals surface area contributed by atoms with E-state index in [0.29, 0.717) is 6.61 Å². The predicted molar refractivity (Wildman–Crippen MR) is 66.7 cm³/mol. The summed E-state index contributed by atoms with van der Waals surface area (Å²) in [5.74, 6) is 2.84. The Kier molecular flexibility index (Phi) is 2.92. The molecular weight excluding hydrogens is 228 g/mol. The summed E-state index contributed by atoms with van der Waals surface area (Å²) in [7, 11) is 0. The van der Waals surface area contributed by atoms with Crippen LogP contribution in [0.3, 0.4) is 0 Å². The van der Waals surface area contributed by atoms with Crippen molar-refractivity contribution in [3.63, 3.8) is 0 Å². The Hall–Kier alpha value is -1.97. The van der Waals surface area contributed by atoms with E-state index in [0.717, 1.165) is 24.5 Å². The van der Waals surface area contributed by atoms with Gasteiger partial charge in [-0.2, -0.15) is 0 Å². The summed E-state index contributed by atoms with van der Waals surface area (Å²) >= 11 is 0. The minimum Gasteiger partial charge on any atom is -0.486 e. The molecule has 0 aliphatic carbocycles. The van der Waals surface area contributed by atoms with Crippen molar-refractivity contribution in [2.24, 2.45) is 0 Å². The highest BCUT2D eigenvalue weighted by molar-refractivity contribution is 5.40. The molecule has 2 heterocycles. The Labute approximate surface area is 106 Å². The number of benzene rings is 1. The first-order valence-electron chi connectivity index (χ1n) is 6.31. The number of aryl methyl sites for hydroxylation is 1. The third-order valence-corrected chi connectivity index (χ3v) is 3.18. The fraction of sp³-hybridized carbons (Fsp3) is 0.357. The van der Waals surface area contributed by atoms with Crippen LogP contribution >= 0.6 is 0 Å². The Morgan fingerprint density at radius 2 is 2.17 bits per heavy atom. The van der Waals surface area contributed by atoms with Gasteiger partial charge < -0.3 is 9.47 Å². The number of nitrogens with one attached hydrogen (secondary N) is 1. The molecule has 0 amide bonds. The summed E-state index contributed by atoms with van der Waals surface area (Å²) in [4.78, 5) is 3.26. The molecule has 0 fully saturated rings. The van der Waals surface area contributed by atoms with Crippen molar-refractivity contribution in [2.45, 2.75) is 26.0 Å². The molecule has 0 unspecified atom stereocenters. The van der Waals surface area contributed by atoms with Crippen LogP contribution in [0.4, 0.5) is 0 Å². The molecule has 1 aliphatic rings. The standard InChI is InChI=1S/C14H16N2O2/c1-2-16-8-7-15-14(16)9-11-10-17-12-5-3-4-6-13(12)18-11/h3-8,11H,2,9-10H2,1H3/p+1/t11-/m0/s1. The summed E-state index contributed by atoms with van der Waals surface area (Å²) in [6, 6.07) is 7.81. The second kappa shape index (κ2) is 4.72. The topological polar surface area (TPSA) is 38.1 Å². The average Bonchev–Trinajstić information content (AvgIpc) is 2.86. The molecule has 1 N–H and O–H groups in total. The number of ether oxygens (including phenoxy) is 2. The van der Waals surface area contributed by atoms with Gasteiger partial charge in [0, 0.05) is 0 Å². The van der Waals surface area contributed by atoms with Gasteiger partial charge in [-0.1, -0.05) is 12.1 Å². The molecule has 4 nitrogen and oxygen atoms in total. The first-order valence-corrected chi connectivity index (χ1v) is 6.31. The van der Waals surface area contributed by atoms with Crippen molar-refractivity contribution in [2.75, 3.05) is 6.61 Å². The number of hydrogen-bond acceptors (Lipinski definition) is 2. The smallest absolute Gasteiger partial charge is 0.258 e. The number of aromatic nitrogens is 2. The van der Waals surface area contributed by atoms with Crippen LogP contribution in [0.15, 0.2) is 36.7 Å². The fourth-order valence-corrected chi connectivity index (χ4v) is 2.25. The Balaban J connectivity index is 1.73. The van der Waals surface area contributed by atoms with Crippen LogP contribution in [0.5, 0.6) is 11.5 Å². The highest BCUT2D eigenvalue weighted by Gasteiger charge is 2.24. The molecule has 0 saturated carbocycles. The van der Waals surface area contributed by atoms with Gasteiger partial charge in [-0.25, -0.2) is 9.55 Å². The molecule has 1 aliphatic heterocycles. The van der Waals surface area contributed by atoms with Gasteiger partial charge in [-0.15, -0.1) is 0 Å². The summed E-state index contributed by atoms with van der Waals surface area (Å²) in [5, 5.41) is 0. The van der Waals surface area contributed by atoms with Crippen LogP contribution in [-0.4, -0.2) is 17.7 Å². The lowest BCUT2D eigenvalue weighted by atomic mass is 10.2.